The Morgan fingerprint density at radius 1 is 1.03 bits per heavy atom. The molecule has 0 saturated carbocycles. The first-order valence-electron chi connectivity index (χ1n) is 9.76. The van der Waals surface area contributed by atoms with Gasteiger partial charge in [-0.25, -0.2) is 12.8 Å². The van der Waals surface area contributed by atoms with E-state index in [9.17, 15) is 17.6 Å². The van der Waals surface area contributed by atoms with Crippen molar-refractivity contribution in [3.05, 3.63) is 83.2 Å². The number of ether oxygens (including phenoxy) is 2. The number of aryl methyl sites for hydroxylation is 1. The van der Waals surface area contributed by atoms with E-state index in [1.54, 1.807) is 26.1 Å². The van der Waals surface area contributed by atoms with Crippen LogP contribution in [0.3, 0.4) is 0 Å². The van der Waals surface area contributed by atoms with E-state index in [1.807, 2.05) is 12.1 Å². The number of carbonyl (C=O) groups excluding carboxylic acids is 1. The Morgan fingerprint density at radius 3 is 2.50 bits per heavy atom. The Morgan fingerprint density at radius 2 is 1.75 bits per heavy atom. The maximum atomic E-state index is 13.1. The Bertz CT molecular complexity index is 1280. The van der Waals surface area contributed by atoms with E-state index in [2.05, 4.69) is 4.72 Å². The molecule has 1 heterocycles. The molecule has 9 heteroatoms. The van der Waals surface area contributed by atoms with Gasteiger partial charge in [-0.3, -0.25) is 9.52 Å². The average molecular weight is 456 g/mol. The summed E-state index contributed by atoms with van der Waals surface area (Å²) >= 11 is 0. The fourth-order valence-corrected chi connectivity index (χ4v) is 4.41. The van der Waals surface area contributed by atoms with E-state index in [4.69, 9.17) is 9.47 Å². The summed E-state index contributed by atoms with van der Waals surface area (Å²) in [7, 11) is -2.32. The van der Waals surface area contributed by atoms with Crippen LogP contribution in [0.25, 0.3) is 0 Å². The topological polar surface area (TPSA) is 84.9 Å². The number of nitrogens with zero attached hydrogens (tertiary/aromatic N) is 1. The highest BCUT2D eigenvalue weighted by molar-refractivity contribution is 7.92. The van der Waals surface area contributed by atoms with E-state index < -0.39 is 15.8 Å². The summed E-state index contributed by atoms with van der Waals surface area (Å²) in [6, 6.07) is 14.8. The van der Waals surface area contributed by atoms with E-state index in [-0.39, 0.29) is 28.8 Å². The molecule has 0 atom stereocenters. The molecule has 166 valence electrons. The number of hydrogen-bond donors (Lipinski definition) is 1. The molecule has 4 rings (SSSR count). The minimum absolute atomic E-state index is 0.0627. The molecule has 1 aliphatic heterocycles. The van der Waals surface area contributed by atoms with Gasteiger partial charge in [0.15, 0.2) is 11.5 Å². The molecule has 0 bridgehead atoms. The maximum Gasteiger partial charge on any atom is 0.261 e. The summed E-state index contributed by atoms with van der Waals surface area (Å²) in [5.41, 5.74) is 1.99. The molecule has 0 aliphatic carbocycles. The Balaban J connectivity index is 1.54. The molecule has 0 unspecified atom stereocenters. The van der Waals surface area contributed by atoms with Gasteiger partial charge < -0.3 is 14.4 Å². The van der Waals surface area contributed by atoms with Crippen LogP contribution < -0.4 is 14.2 Å². The normalized spacial score (nSPS) is 12.5. The van der Waals surface area contributed by atoms with Crippen LogP contribution in [0, 0.1) is 12.7 Å². The molecule has 1 aliphatic rings. The third-order valence-corrected chi connectivity index (χ3v) is 6.43. The summed E-state index contributed by atoms with van der Waals surface area (Å²) in [6.45, 7) is 2.21. The van der Waals surface area contributed by atoms with Gasteiger partial charge in [-0.2, -0.15) is 0 Å². The number of amides is 1. The zero-order chi connectivity index (χ0) is 22.9. The zero-order valence-corrected chi connectivity index (χ0v) is 18.3. The lowest BCUT2D eigenvalue weighted by Crippen LogP contribution is -2.27. The summed E-state index contributed by atoms with van der Waals surface area (Å²) < 4.78 is 51.7. The summed E-state index contributed by atoms with van der Waals surface area (Å²) in [4.78, 5) is 14.5. The van der Waals surface area contributed by atoms with Gasteiger partial charge in [0.1, 0.15) is 5.82 Å². The van der Waals surface area contributed by atoms with Crippen molar-refractivity contribution in [1.29, 1.82) is 0 Å². The highest BCUT2D eigenvalue weighted by Gasteiger charge is 2.21. The standard InChI is InChI=1S/C23H21FN2O5S/c1-15-3-9-19(32(28,29)25-18-7-5-17(24)6-8-18)12-20(15)23(27)26(2)13-16-4-10-21-22(11-16)31-14-30-21/h3-12,25H,13-14H2,1-2H3. The molecule has 32 heavy (non-hydrogen) atoms. The third kappa shape index (κ3) is 4.52. The summed E-state index contributed by atoms with van der Waals surface area (Å²) in [5.74, 6) is 0.491. The zero-order valence-electron chi connectivity index (χ0n) is 17.5. The third-order valence-electron chi connectivity index (χ3n) is 5.05. The Labute approximate surface area is 185 Å². The van der Waals surface area contributed by atoms with Crippen LogP contribution in [0.5, 0.6) is 11.5 Å². The molecule has 7 nitrogen and oxygen atoms in total. The van der Waals surface area contributed by atoms with Gasteiger partial charge in [0.25, 0.3) is 15.9 Å². The lowest BCUT2D eigenvalue weighted by Gasteiger charge is -2.19. The average Bonchev–Trinajstić information content (AvgIpc) is 3.23. The lowest BCUT2D eigenvalue weighted by molar-refractivity contribution is 0.0784. The van der Waals surface area contributed by atoms with Crippen molar-refractivity contribution in [2.45, 2.75) is 18.4 Å². The van der Waals surface area contributed by atoms with Crippen molar-refractivity contribution in [2.24, 2.45) is 0 Å². The predicted molar refractivity (Wildman–Crippen MR) is 117 cm³/mol. The van der Waals surface area contributed by atoms with Crippen LogP contribution in [0.1, 0.15) is 21.5 Å². The Kier molecular flexibility index (Phi) is 5.75. The molecule has 3 aromatic carbocycles. The minimum Gasteiger partial charge on any atom is -0.454 e. The number of anilines is 1. The highest BCUT2D eigenvalue weighted by atomic mass is 32.2. The lowest BCUT2D eigenvalue weighted by atomic mass is 10.1. The van der Waals surface area contributed by atoms with Crippen LogP contribution in [0.2, 0.25) is 0 Å². The Hall–Kier alpha value is -3.59. The second-order valence-electron chi connectivity index (χ2n) is 7.44. The van der Waals surface area contributed by atoms with Gasteiger partial charge >= 0.3 is 0 Å². The fraction of sp³-hybridized carbons (Fsp3) is 0.174. The number of rotatable bonds is 6. The van der Waals surface area contributed by atoms with Gasteiger partial charge in [0.05, 0.1) is 4.90 Å². The van der Waals surface area contributed by atoms with E-state index in [0.717, 1.165) is 17.7 Å². The molecule has 0 aromatic heterocycles. The predicted octanol–water partition coefficient (Wildman–Crippen LogP) is 3.94. The monoisotopic (exact) mass is 456 g/mol. The highest BCUT2D eigenvalue weighted by Crippen LogP contribution is 2.33. The van der Waals surface area contributed by atoms with Crippen molar-refractivity contribution < 1.29 is 27.1 Å². The van der Waals surface area contributed by atoms with Crippen LogP contribution in [-0.4, -0.2) is 33.1 Å². The van der Waals surface area contributed by atoms with Gasteiger partial charge in [-0.1, -0.05) is 12.1 Å². The summed E-state index contributed by atoms with van der Waals surface area (Å²) in [5, 5.41) is 0. The van der Waals surface area contributed by atoms with Gasteiger partial charge in [-0.15, -0.1) is 0 Å². The quantitative estimate of drug-likeness (QED) is 0.608. The maximum absolute atomic E-state index is 13.1. The van der Waals surface area contributed by atoms with Crippen molar-refractivity contribution in [3.8, 4) is 11.5 Å². The molecule has 1 amide bonds. The molecule has 0 radical (unpaired) electrons. The molecule has 3 aromatic rings. The molecule has 1 N–H and O–H groups in total. The van der Waals surface area contributed by atoms with E-state index >= 15 is 0 Å². The van der Waals surface area contributed by atoms with Gasteiger partial charge in [0, 0.05) is 24.8 Å². The molecule has 0 saturated heterocycles. The first-order valence-corrected chi connectivity index (χ1v) is 11.2. The number of hydrogen-bond acceptors (Lipinski definition) is 5. The van der Waals surface area contributed by atoms with Crippen LogP contribution in [0.4, 0.5) is 10.1 Å². The molecular weight excluding hydrogens is 435 g/mol. The fourth-order valence-electron chi connectivity index (χ4n) is 3.32. The number of fused-ring (bicyclic) bond motifs is 1. The van der Waals surface area contributed by atoms with Crippen molar-refractivity contribution in [2.75, 3.05) is 18.6 Å². The van der Waals surface area contributed by atoms with Crippen LogP contribution >= 0.6 is 0 Å². The van der Waals surface area contributed by atoms with Crippen LogP contribution in [-0.2, 0) is 16.6 Å². The largest absolute Gasteiger partial charge is 0.454 e. The minimum atomic E-state index is -3.96. The first-order chi connectivity index (χ1) is 15.2. The second-order valence-corrected chi connectivity index (χ2v) is 9.12. The van der Waals surface area contributed by atoms with Gasteiger partial charge in [-0.05, 0) is 66.6 Å². The molecular formula is C23H21FN2O5S. The first kappa shape index (κ1) is 21.6. The number of sulfonamides is 1. The second kappa shape index (κ2) is 8.51. The number of carbonyl (C=O) groups is 1. The van der Waals surface area contributed by atoms with Crippen molar-refractivity contribution in [3.63, 3.8) is 0 Å². The number of nitrogens with one attached hydrogen (secondary N) is 1. The van der Waals surface area contributed by atoms with Crippen LogP contribution in [0.15, 0.2) is 65.6 Å². The van der Waals surface area contributed by atoms with Crippen molar-refractivity contribution in [1.82, 2.24) is 4.90 Å². The number of halogens is 1. The van der Waals surface area contributed by atoms with E-state index in [1.165, 1.54) is 29.2 Å². The van der Waals surface area contributed by atoms with Gasteiger partial charge in [0.2, 0.25) is 6.79 Å². The van der Waals surface area contributed by atoms with E-state index in [0.29, 0.717) is 23.6 Å². The summed E-state index contributed by atoms with van der Waals surface area (Å²) in [6.07, 6.45) is 0. The molecule has 0 fully saturated rings. The SMILES string of the molecule is Cc1ccc(S(=O)(=O)Nc2ccc(F)cc2)cc1C(=O)N(C)Cc1ccc2c(c1)OCO2. The smallest absolute Gasteiger partial charge is 0.261 e. The van der Waals surface area contributed by atoms with Crippen molar-refractivity contribution >= 4 is 21.6 Å². The number of benzene rings is 3. The molecule has 0 spiro atoms.